The van der Waals surface area contributed by atoms with Crippen molar-refractivity contribution in [3.63, 3.8) is 0 Å². The summed E-state index contributed by atoms with van der Waals surface area (Å²) in [6.45, 7) is 2.81. The van der Waals surface area contributed by atoms with E-state index in [4.69, 9.17) is 10.00 Å². The Bertz CT molecular complexity index is 713. The van der Waals surface area contributed by atoms with Crippen LogP contribution < -0.4 is 10.3 Å². The van der Waals surface area contributed by atoms with Crippen LogP contribution in [0.5, 0.6) is 5.88 Å². The summed E-state index contributed by atoms with van der Waals surface area (Å²) in [6.07, 6.45) is 4.92. The minimum atomic E-state index is -0.106. The molecule has 0 amide bonds. The van der Waals surface area contributed by atoms with Crippen LogP contribution in [-0.4, -0.2) is 16.7 Å². The van der Waals surface area contributed by atoms with Crippen molar-refractivity contribution in [2.75, 3.05) is 7.11 Å². The Morgan fingerprint density at radius 2 is 2.25 bits per heavy atom. The Kier molecular flexibility index (Phi) is 4.36. The fourth-order valence-electron chi connectivity index (χ4n) is 2.14. The molecular formula is C15H17N3O2. The smallest absolute Gasteiger partial charge is 0.260 e. The highest BCUT2D eigenvalue weighted by Gasteiger charge is 2.10. The van der Waals surface area contributed by atoms with Crippen molar-refractivity contribution in [2.45, 2.75) is 32.7 Å². The van der Waals surface area contributed by atoms with E-state index in [-0.39, 0.29) is 17.0 Å². The number of rotatable bonds is 5. The molecule has 0 aliphatic carbocycles. The Hall–Kier alpha value is -2.35. The third-order valence-corrected chi connectivity index (χ3v) is 3.24. The first-order valence-electron chi connectivity index (χ1n) is 6.69. The summed E-state index contributed by atoms with van der Waals surface area (Å²) in [4.78, 5) is 16.6. The zero-order valence-corrected chi connectivity index (χ0v) is 11.7. The number of methoxy groups -OCH3 is 1. The third kappa shape index (κ3) is 2.64. The largest absolute Gasteiger partial charge is 0.480 e. The zero-order chi connectivity index (χ0) is 14.5. The number of nitrogens with zero attached hydrogens (tertiary/aromatic N) is 3. The Balaban J connectivity index is 2.50. The monoisotopic (exact) mass is 271 g/mol. The van der Waals surface area contributed by atoms with Crippen molar-refractivity contribution in [2.24, 2.45) is 0 Å². The van der Waals surface area contributed by atoms with Gasteiger partial charge < -0.3 is 9.30 Å². The molecule has 5 heteroatoms. The summed E-state index contributed by atoms with van der Waals surface area (Å²) in [6, 6.07) is 5.34. The lowest BCUT2D eigenvalue weighted by atomic mass is 10.2. The van der Waals surface area contributed by atoms with Crippen molar-refractivity contribution >= 4 is 10.9 Å². The zero-order valence-electron chi connectivity index (χ0n) is 11.7. The molecule has 0 fully saturated rings. The van der Waals surface area contributed by atoms with Gasteiger partial charge in [-0.2, -0.15) is 5.26 Å². The maximum absolute atomic E-state index is 12.4. The van der Waals surface area contributed by atoms with Crippen molar-refractivity contribution in [1.29, 1.82) is 5.26 Å². The number of fused-ring (bicyclic) bond motifs is 1. The fourth-order valence-corrected chi connectivity index (χ4v) is 2.14. The first-order chi connectivity index (χ1) is 9.71. The topological polar surface area (TPSA) is 67.9 Å². The number of pyridine rings is 2. The van der Waals surface area contributed by atoms with E-state index < -0.39 is 0 Å². The van der Waals surface area contributed by atoms with Crippen LogP contribution in [0.2, 0.25) is 0 Å². The molecule has 0 aliphatic heterocycles. The van der Waals surface area contributed by atoms with Gasteiger partial charge >= 0.3 is 0 Å². The molecule has 0 spiro atoms. The van der Waals surface area contributed by atoms with E-state index in [9.17, 15) is 4.79 Å². The minimum Gasteiger partial charge on any atom is -0.480 e. The molecule has 2 aromatic heterocycles. The molecule has 0 radical (unpaired) electrons. The maximum atomic E-state index is 12.4. The van der Waals surface area contributed by atoms with Gasteiger partial charge in [0.25, 0.3) is 5.56 Å². The third-order valence-electron chi connectivity index (χ3n) is 3.24. The normalized spacial score (nSPS) is 10.4. The highest BCUT2D eigenvalue weighted by atomic mass is 16.5. The Labute approximate surface area is 117 Å². The van der Waals surface area contributed by atoms with Crippen LogP contribution in [0.1, 0.15) is 31.7 Å². The van der Waals surface area contributed by atoms with Crippen LogP contribution in [0.3, 0.4) is 0 Å². The summed E-state index contributed by atoms with van der Waals surface area (Å²) in [5, 5.41) is 9.52. The van der Waals surface area contributed by atoms with Crippen molar-refractivity contribution < 1.29 is 4.74 Å². The van der Waals surface area contributed by atoms with Crippen LogP contribution >= 0.6 is 0 Å². The van der Waals surface area contributed by atoms with Crippen LogP contribution in [0.25, 0.3) is 10.9 Å². The average Bonchev–Trinajstić information content (AvgIpc) is 2.48. The number of ether oxygens (including phenoxy) is 1. The molecule has 2 aromatic rings. The summed E-state index contributed by atoms with van der Waals surface area (Å²) in [5.41, 5.74) is 0.728. The van der Waals surface area contributed by atoms with Gasteiger partial charge in [-0.25, -0.2) is 4.98 Å². The highest BCUT2D eigenvalue weighted by Crippen LogP contribution is 2.19. The molecule has 0 unspecified atom stereocenters. The summed E-state index contributed by atoms with van der Waals surface area (Å²) >= 11 is 0. The van der Waals surface area contributed by atoms with Gasteiger partial charge in [0.05, 0.1) is 18.0 Å². The minimum absolute atomic E-state index is 0.106. The lowest BCUT2D eigenvalue weighted by molar-refractivity contribution is 0.398. The van der Waals surface area contributed by atoms with Crippen LogP contribution in [0.15, 0.2) is 23.1 Å². The van der Waals surface area contributed by atoms with Gasteiger partial charge in [-0.05, 0) is 18.6 Å². The van der Waals surface area contributed by atoms with Crippen LogP contribution in [0, 0.1) is 11.3 Å². The summed E-state index contributed by atoms with van der Waals surface area (Å²) < 4.78 is 6.73. The van der Waals surface area contributed by atoms with Crippen molar-refractivity contribution in [3.8, 4) is 11.9 Å². The van der Waals surface area contributed by atoms with Crippen molar-refractivity contribution in [3.05, 3.63) is 34.2 Å². The van der Waals surface area contributed by atoms with Gasteiger partial charge in [-0.1, -0.05) is 19.8 Å². The molecular weight excluding hydrogens is 254 g/mol. The molecule has 0 N–H and O–H groups in total. The van der Waals surface area contributed by atoms with E-state index in [1.165, 1.54) is 7.11 Å². The van der Waals surface area contributed by atoms with E-state index in [0.717, 1.165) is 19.3 Å². The van der Waals surface area contributed by atoms with Gasteiger partial charge in [0.1, 0.15) is 11.6 Å². The predicted octanol–water partition coefficient (Wildman–Crippen LogP) is 2.47. The van der Waals surface area contributed by atoms with E-state index in [2.05, 4.69) is 11.9 Å². The first-order valence-corrected chi connectivity index (χ1v) is 6.69. The Morgan fingerprint density at radius 1 is 1.45 bits per heavy atom. The fraction of sp³-hybridized carbons (Fsp3) is 0.400. The SMILES string of the molecule is CCCCCn1ccc2nc(OC)c(C#N)cc2c1=O. The number of hydrogen-bond donors (Lipinski definition) is 0. The number of hydrogen-bond acceptors (Lipinski definition) is 4. The van der Waals surface area contributed by atoms with E-state index >= 15 is 0 Å². The summed E-state index contributed by atoms with van der Waals surface area (Å²) in [5.74, 6) is 0.253. The van der Waals surface area contributed by atoms with Crippen molar-refractivity contribution in [1.82, 2.24) is 9.55 Å². The molecule has 2 heterocycles. The maximum Gasteiger partial charge on any atom is 0.260 e. The number of unbranched alkanes of at least 4 members (excludes halogenated alkanes) is 2. The number of aromatic nitrogens is 2. The molecule has 0 saturated heterocycles. The number of aryl methyl sites for hydroxylation is 1. The second kappa shape index (κ2) is 6.20. The van der Waals surface area contributed by atoms with Crippen LogP contribution in [0.4, 0.5) is 0 Å². The second-order valence-electron chi connectivity index (χ2n) is 4.61. The molecule has 5 nitrogen and oxygen atoms in total. The molecule has 20 heavy (non-hydrogen) atoms. The van der Waals surface area contributed by atoms with Gasteiger partial charge in [-0.3, -0.25) is 4.79 Å². The highest BCUT2D eigenvalue weighted by molar-refractivity contribution is 5.79. The lowest BCUT2D eigenvalue weighted by Crippen LogP contribution is -2.20. The molecule has 0 aliphatic rings. The van der Waals surface area contributed by atoms with Gasteiger partial charge in [0.15, 0.2) is 0 Å². The molecule has 0 aromatic carbocycles. The standard InChI is InChI=1S/C15H17N3O2/c1-3-4-5-7-18-8-6-13-12(15(18)19)9-11(10-16)14(17-13)20-2/h6,8-9H,3-5,7H2,1-2H3. The lowest BCUT2D eigenvalue weighted by Gasteiger charge is -2.08. The molecule has 0 saturated carbocycles. The van der Waals surface area contributed by atoms with Gasteiger partial charge in [0.2, 0.25) is 5.88 Å². The molecule has 0 bridgehead atoms. The second-order valence-corrected chi connectivity index (χ2v) is 4.61. The first kappa shape index (κ1) is 14.1. The van der Waals surface area contributed by atoms with E-state index in [0.29, 0.717) is 17.4 Å². The Morgan fingerprint density at radius 3 is 2.90 bits per heavy atom. The van der Waals surface area contributed by atoms with Gasteiger partial charge in [-0.15, -0.1) is 0 Å². The van der Waals surface area contributed by atoms with Gasteiger partial charge in [0, 0.05) is 12.7 Å². The molecule has 0 atom stereocenters. The van der Waals surface area contributed by atoms with E-state index in [1.807, 2.05) is 6.07 Å². The predicted molar refractivity (Wildman–Crippen MR) is 76.8 cm³/mol. The van der Waals surface area contributed by atoms with E-state index in [1.54, 1.807) is 22.9 Å². The summed E-state index contributed by atoms with van der Waals surface area (Å²) in [7, 11) is 1.46. The van der Waals surface area contributed by atoms with Crippen LogP contribution in [-0.2, 0) is 6.54 Å². The molecule has 2 rings (SSSR count). The number of nitriles is 1. The quantitative estimate of drug-likeness (QED) is 0.783. The molecule has 104 valence electrons. The average molecular weight is 271 g/mol.